The lowest BCUT2D eigenvalue weighted by molar-refractivity contribution is 0.430. The van der Waals surface area contributed by atoms with Crippen LogP contribution in [0.15, 0.2) is 35.3 Å². The van der Waals surface area contributed by atoms with Gasteiger partial charge in [-0.25, -0.2) is 4.99 Å². The fourth-order valence-electron chi connectivity index (χ4n) is 3.44. The van der Waals surface area contributed by atoms with Crippen molar-refractivity contribution in [2.45, 2.75) is 50.5 Å². The van der Waals surface area contributed by atoms with Crippen LogP contribution < -0.4 is 5.73 Å². The molecular formula is C17H25N3. The van der Waals surface area contributed by atoms with E-state index in [1.807, 2.05) is 0 Å². The molecule has 0 radical (unpaired) electrons. The number of guanidine groups is 1. The van der Waals surface area contributed by atoms with Gasteiger partial charge in [0.15, 0.2) is 5.96 Å². The zero-order chi connectivity index (χ0) is 13.8. The molecule has 1 atom stereocenters. The number of nitrogens with two attached hydrogens (primary N) is 1. The average Bonchev–Trinajstić information content (AvgIpc) is 2.99. The molecule has 1 aromatic carbocycles. The van der Waals surface area contributed by atoms with E-state index in [1.165, 1.54) is 44.1 Å². The molecule has 1 aliphatic carbocycles. The summed E-state index contributed by atoms with van der Waals surface area (Å²) in [6.45, 7) is 2.06. The lowest BCUT2D eigenvalue weighted by atomic mass is 9.96. The van der Waals surface area contributed by atoms with Crippen molar-refractivity contribution in [3.05, 3.63) is 35.9 Å². The van der Waals surface area contributed by atoms with Crippen molar-refractivity contribution < 1.29 is 0 Å². The minimum absolute atomic E-state index is 0.472. The van der Waals surface area contributed by atoms with Crippen molar-refractivity contribution >= 4 is 5.96 Å². The van der Waals surface area contributed by atoms with Crippen molar-refractivity contribution in [2.75, 3.05) is 13.1 Å². The third kappa shape index (κ3) is 3.14. The van der Waals surface area contributed by atoms with E-state index in [0.717, 1.165) is 19.0 Å². The minimum Gasteiger partial charge on any atom is -0.370 e. The maximum Gasteiger partial charge on any atom is 0.191 e. The Balaban J connectivity index is 1.60. The van der Waals surface area contributed by atoms with Gasteiger partial charge in [0.2, 0.25) is 0 Å². The fraction of sp³-hybridized carbons (Fsp3) is 0.588. The molecule has 0 aromatic heterocycles. The number of hydrogen-bond donors (Lipinski definition) is 1. The highest BCUT2D eigenvalue weighted by molar-refractivity contribution is 5.78. The van der Waals surface area contributed by atoms with Crippen LogP contribution in [-0.4, -0.2) is 30.0 Å². The van der Waals surface area contributed by atoms with Gasteiger partial charge in [0.05, 0.1) is 6.04 Å². The molecule has 2 N–H and O–H groups in total. The van der Waals surface area contributed by atoms with Crippen molar-refractivity contribution in [1.29, 1.82) is 0 Å². The fourth-order valence-corrected chi connectivity index (χ4v) is 3.44. The smallest absolute Gasteiger partial charge is 0.191 e. The molecular weight excluding hydrogens is 246 g/mol. The molecule has 1 aromatic rings. The topological polar surface area (TPSA) is 41.6 Å². The molecule has 3 nitrogen and oxygen atoms in total. The Morgan fingerprint density at radius 2 is 1.80 bits per heavy atom. The highest BCUT2D eigenvalue weighted by Crippen LogP contribution is 2.27. The first-order chi connectivity index (χ1) is 9.83. The molecule has 1 heterocycles. The first-order valence-electron chi connectivity index (χ1n) is 7.96. The molecule has 20 heavy (non-hydrogen) atoms. The van der Waals surface area contributed by atoms with Crippen LogP contribution in [-0.2, 0) is 0 Å². The number of hydrogen-bond acceptors (Lipinski definition) is 1. The van der Waals surface area contributed by atoms with Crippen molar-refractivity contribution in [1.82, 2.24) is 4.90 Å². The summed E-state index contributed by atoms with van der Waals surface area (Å²) in [7, 11) is 0. The monoisotopic (exact) mass is 271 g/mol. The quantitative estimate of drug-likeness (QED) is 0.663. The predicted molar refractivity (Wildman–Crippen MR) is 83.9 cm³/mol. The van der Waals surface area contributed by atoms with E-state index in [0.29, 0.717) is 12.0 Å². The molecule has 3 rings (SSSR count). The molecule has 0 amide bonds. The van der Waals surface area contributed by atoms with Crippen LogP contribution in [0, 0.1) is 0 Å². The summed E-state index contributed by atoms with van der Waals surface area (Å²) < 4.78 is 0. The van der Waals surface area contributed by atoms with E-state index < -0.39 is 0 Å². The Morgan fingerprint density at radius 1 is 1.05 bits per heavy atom. The van der Waals surface area contributed by atoms with E-state index >= 15 is 0 Å². The largest absolute Gasteiger partial charge is 0.370 e. The molecule has 1 aliphatic heterocycles. The molecule has 1 saturated carbocycles. The molecule has 1 unspecified atom stereocenters. The van der Waals surface area contributed by atoms with E-state index in [9.17, 15) is 0 Å². The molecule has 3 heteroatoms. The summed E-state index contributed by atoms with van der Waals surface area (Å²) in [5.74, 6) is 1.38. The van der Waals surface area contributed by atoms with E-state index in [2.05, 4.69) is 35.2 Å². The Labute approximate surface area is 121 Å². The van der Waals surface area contributed by atoms with Crippen molar-refractivity contribution in [2.24, 2.45) is 10.7 Å². The van der Waals surface area contributed by atoms with Crippen LogP contribution in [0.3, 0.4) is 0 Å². The van der Waals surface area contributed by atoms with Crippen LogP contribution >= 0.6 is 0 Å². The van der Waals surface area contributed by atoms with Crippen LogP contribution in [0.4, 0.5) is 0 Å². The second-order valence-electron chi connectivity index (χ2n) is 6.12. The standard InChI is InChI=1S/C17H25N3/c18-17(19-16-9-5-2-6-10-16)20-12-11-15(13-20)14-7-3-1-4-8-14/h1,3-4,7-8,15-16H,2,5-6,9-13H2,(H2,18,19). The van der Waals surface area contributed by atoms with E-state index in [4.69, 9.17) is 10.7 Å². The summed E-state index contributed by atoms with van der Waals surface area (Å²) in [6.07, 6.45) is 7.62. The highest BCUT2D eigenvalue weighted by Gasteiger charge is 2.25. The predicted octanol–water partition coefficient (Wildman–Crippen LogP) is 3.12. The van der Waals surface area contributed by atoms with Gasteiger partial charge in [-0.2, -0.15) is 0 Å². The van der Waals surface area contributed by atoms with Crippen LogP contribution in [0.2, 0.25) is 0 Å². The van der Waals surface area contributed by atoms with Crippen molar-refractivity contribution in [3.63, 3.8) is 0 Å². The zero-order valence-corrected chi connectivity index (χ0v) is 12.2. The number of benzene rings is 1. The Morgan fingerprint density at radius 3 is 2.55 bits per heavy atom. The Hall–Kier alpha value is -1.51. The molecule has 2 fully saturated rings. The van der Waals surface area contributed by atoms with E-state index in [1.54, 1.807) is 0 Å². The molecule has 0 bridgehead atoms. The molecule has 1 saturated heterocycles. The summed E-state index contributed by atoms with van der Waals surface area (Å²) in [5.41, 5.74) is 7.66. The average molecular weight is 271 g/mol. The Bertz CT molecular complexity index is 449. The Kier molecular flexibility index (Phi) is 4.24. The summed E-state index contributed by atoms with van der Waals surface area (Å²) >= 11 is 0. The number of likely N-dealkylation sites (tertiary alicyclic amines) is 1. The van der Waals surface area contributed by atoms with Gasteiger partial charge in [0.25, 0.3) is 0 Å². The maximum absolute atomic E-state index is 6.23. The highest BCUT2D eigenvalue weighted by atomic mass is 15.3. The third-order valence-corrected chi connectivity index (χ3v) is 4.67. The second kappa shape index (κ2) is 6.29. The van der Waals surface area contributed by atoms with Gasteiger partial charge in [-0.3, -0.25) is 0 Å². The number of rotatable bonds is 2. The summed E-state index contributed by atoms with van der Waals surface area (Å²) in [6, 6.07) is 11.2. The number of aliphatic imine (C=N–C) groups is 1. The first kappa shape index (κ1) is 13.5. The number of nitrogens with zero attached hydrogens (tertiary/aromatic N) is 2. The van der Waals surface area contributed by atoms with Crippen molar-refractivity contribution in [3.8, 4) is 0 Å². The lowest BCUT2D eigenvalue weighted by Gasteiger charge is -2.22. The van der Waals surface area contributed by atoms with E-state index in [-0.39, 0.29) is 0 Å². The second-order valence-corrected chi connectivity index (χ2v) is 6.12. The van der Waals surface area contributed by atoms with Gasteiger partial charge in [0.1, 0.15) is 0 Å². The van der Waals surface area contributed by atoms with Gasteiger partial charge < -0.3 is 10.6 Å². The lowest BCUT2D eigenvalue weighted by Crippen LogP contribution is -2.36. The van der Waals surface area contributed by atoms with Gasteiger partial charge >= 0.3 is 0 Å². The normalized spacial score (nSPS) is 25.1. The SMILES string of the molecule is NC(=NC1CCCCC1)N1CCC(c2ccccc2)C1. The first-order valence-corrected chi connectivity index (χ1v) is 7.96. The van der Waals surface area contributed by atoms with Gasteiger partial charge in [-0.05, 0) is 24.8 Å². The zero-order valence-electron chi connectivity index (χ0n) is 12.2. The molecule has 2 aliphatic rings. The molecule has 108 valence electrons. The van der Waals surface area contributed by atoms with Crippen LogP contribution in [0.1, 0.15) is 50.0 Å². The summed E-state index contributed by atoms with van der Waals surface area (Å²) in [4.78, 5) is 7.04. The maximum atomic E-state index is 6.23. The van der Waals surface area contributed by atoms with Gasteiger partial charge in [0, 0.05) is 19.0 Å². The van der Waals surface area contributed by atoms with Crippen LogP contribution in [0.5, 0.6) is 0 Å². The summed E-state index contributed by atoms with van der Waals surface area (Å²) in [5, 5.41) is 0. The minimum atomic E-state index is 0.472. The molecule has 0 spiro atoms. The van der Waals surface area contributed by atoms with Gasteiger partial charge in [-0.15, -0.1) is 0 Å². The van der Waals surface area contributed by atoms with Gasteiger partial charge in [-0.1, -0.05) is 49.6 Å². The van der Waals surface area contributed by atoms with Crippen LogP contribution in [0.25, 0.3) is 0 Å². The third-order valence-electron chi connectivity index (χ3n) is 4.67.